The lowest BCUT2D eigenvalue weighted by atomic mass is 9.91. The quantitative estimate of drug-likeness (QED) is 0.282. The number of hydrogen-bond acceptors (Lipinski definition) is 8. The van der Waals surface area contributed by atoms with Crippen molar-refractivity contribution in [2.75, 3.05) is 21.3 Å². The van der Waals surface area contributed by atoms with Gasteiger partial charge in [0.15, 0.2) is 0 Å². The Morgan fingerprint density at radius 3 is 1.97 bits per heavy atom. The molecule has 8 nitrogen and oxygen atoms in total. The zero-order valence-corrected chi connectivity index (χ0v) is 21.5. The van der Waals surface area contributed by atoms with Crippen LogP contribution in [0.1, 0.15) is 27.5 Å². The highest BCUT2D eigenvalue weighted by molar-refractivity contribution is 7.09. The molecule has 0 aliphatic rings. The number of esters is 1. The van der Waals surface area contributed by atoms with Gasteiger partial charge in [-0.15, -0.1) is 0 Å². The molecule has 0 radical (unpaired) electrons. The monoisotopic (exact) mass is 521 g/mol. The molecule has 0 saturated carbocycles. The third-order valence-electron chi connectivity index (χ3n) is 5.84. The second-order valence-corrected chi connectivity index (χ2v) is 9.35. The predicted molar refractivity (Wildman–Crippen MR) is 140 cm³/mol. The van der Waals surface area contributed by atoms with Crippen LogP contribution in [0.5, 0.6) is 28.9 Å². The Labute approximate surface area is 218 Å². The van der Waals surface area contributed by atoms with E-state index in [4.69, 9.17) is 18.9 Å². The van der Waals surface area contributed by atoms with E-state index >= 15 is 0 Å². The minimum atomic E-state index is -0.518. The molecule has 1 atom stereocenters. The van der Waals surface area contributed by atoms with Crippen molar-refractivity contribution in [2.45, 2.75) is 18.8 Å². The van der Waals surface area contributed by atoms with Crippen LogP contribution in [-0.4, -0.2) is 37.4 Å². The second-order valence-electron chi connectivity index (χ2n) is 8.28. The largest absolute Gasteiger partial charge is 0.497 e. The van der Waals surface area contributed by atoms with E-state index in [0.717, 1.165) is 28.0 Å². The molecule has 0 aliphatic heterocycles. The van der Waals surface area contributed by atoms with Gasteiger partial charge >= 0.3 is 10.8 Å². The summed E-state index contributed by atoms with van der Waals surface area (Å²) < 4.78 is 21.7. The first kappa shape index (κ1) is 25.8. The van der Waals surface area contributed by atoms with Gasteiger partial charge in [-0.3, -0.25) is 14.6 Å². The molecule has 0 aliphatic carbocycles. The van der Waals surface area contributed by atoms with Crippen LogP contribution in [0.2, 0.25) is 0 Å². The summed E-state index contributed by atoms with van der Waals surface area (Å²) in [6.45, 7) is 0. The van der Waals surface area contributed by atoms with Gasteiger partial charge in [-0.2, -0.15) is 0 Å². The number of aromatic nitrogens is 1. The van der Waals surface area contributed by atoms with Crippen molar-refractivity contribution >= 4 is 17.3 Å². The standard InChI is InChI=1S/C28H27NO7S/c1-33-22-12-18(13-23(16-22)34-2)14-24(27(31)35-3)19-6-10-21(11-7-19)36-20-8-4-17(5-9-20)15-25-26(30)29-28(32)37-25/h4-13,16,24,30H,14-15H2,1-3H3,(H,29,32). The lowest BCUT2D eigenvalue weighted by molar-refractivity contribution is -0.142. The van der Waals surface area contributed by atoms with Gasteiger partial charge < -0.3 is 24.1 Å². The molecular weight excluding hydrogens is 494 g/mol. The molecule has 9 heteroatoms. The first-order chi connectivity index (χ1) is 17.9. The van der Waals surface area contributed by atoms with Gasteiger partial charge in [0, 0.05) is 12.5 Å². The van der Waals surface area contributed by atoms with Crippen LogP contribution < -0.4 is 19.1 Å². The Morgan fingerprint density at radius 1 is 0.865 bits per heavy atom. The highest BCUT2D eigenvalue weighted by Gasteiger charge is 2.23. The molecule has 1 heterocycles. The molecule has 192 valence electrons. The van der Waals surface area contributed by atoms with E-state index in [1.54, 1.807) is 32.4 Å². The van der Waals surface area contributed by atoms with Gasteiger partial charge in [-0.25, -0.2) is 0 Å². The Morgan fingerprint density at radius 2 is 1.46 bits per heavy atom. The van der Waals surface area contributed by atoms with Crippen molar-refractivity contribution in [1.29, 1.82) is 0 Å². The van der Waals surface area contributed by atoms with Crippen LogP contribution in [0.3, 0.4) is 0 Å². The van der Waals surface area contributed by atoms with Crippen LogP contribution in [0, 0.1) is 0 Å². The van der Waals surface area contributed by atoms with Crippen molar-refractivity contribution in [1.82, 2.24) is 4.98 Å². The number of aromatic amines is 1. The Balaban J connectivity index is 1.46. The number of methoxy groups -OCH3 is 3. The number of rotatable bonds is 10. The van der Waals surface area contributed by atoms with Crippen molar-refractivity contribution < 1.29 is 28.8 Å². The number of hydrogen-bond donors (Lipinski definition) is 2. The third kappa shape index (κ3) is 6.50. The summed E-state index contributed by atoms with van der Waals surface area (Å²) in [7, 11) is 4.54. The zero-order valence-electron chi connectivity index (χ0n) is 20.6. The number of thiazole rings is 1. The van der Waals surface area contributed by atoms with Crippen LogP contribution in [-0.2, 0) is 22.4 Å². The molecule has 0 bridgehead atoms. The number of benzene rings is 3. The van der Waals surface area contributed by atoms with Gasteiger partial charge in [0.1, 0.15) is 23.0 Å². The first-order valence-electron chi connectivity index (χ1n) is 11.5. The molecule has 4 rings (SSSR count). The normalized spacial score (nSPS) is 11.5. The number of ether oxygens (including phenoxy) is 4. The lowest BCUT2D eigenvalue weighted by Crippen LogP contribution is -2.17. The Hall–Kier alpha value is -4.24. The smallest absolute Gasteiger partial charge is 0.313 e. The number of carbonyl (C=O) groups is 1. The summed E-state index contributed by atoms with van der Waals surface area (Å²) in [4.78, 5) is 26.7. The molecule has 0 fully saturated rings. The van der Waals surface area contributed by atoms with Gasteiger partial charge in [-0.05, 0) is 59.5 Å². The summed E-state index contributed by atoms with van der Waals surface area (Å²) in [5, 5.41) is 9.77. The number of aromatic hydroxyl groups is 1. The van der Waals surface area contributed by atoms with Gasteiger partial charge in [0.05, 0.1) is 32.1 Å². The fourth-order valence-corrected chi connectivity index (χ4v) is 4.69. The summed E-state index contributed by atoms with van der Waals surface area (Å²) in [5.74, 6) is 1.59. The Bertz CT molecular complexity index is 1390. The summed E-state index contributed by atoms with van der Waals surface area (Å²) in [6.07, 6.45) is 0.853. The number of carbonyl (C=O) groups excluding carboxylic acids is 1. The van der Waals surface area contributed by atoms with E-state index in [2.05, 4.69) is 4.98 Å². The van der Waals surface area contributed by atoms with Crippen LogP contribution in [0.15, 0.2) is 71.5 Å². The average Bonchev–Trinajstić information content (AvgIpc) is 3.24. The van der Waals surface area contributed by atoms with E-state index < -0.39 is 5.92 Å². The highest BCUT2D eigenvalue weighted by Crippen LogP contribution is 2.30. The minimum absolute atomic E-state index is 0.0915. The molecular formula is C28H27NO7S. The second kappa shape index (κ2) is 11.7. The molecule has 37 heavy (non-hydrogen) atoms. The van der Waals surface area contributed by atoms with E-state index in [0.29, 0.717) is 40.7 Å². The predicted octanol–water partition coefficient (Wildman–Crippen LogP) is 5.04. The molecule has 0 spiro atoms. The van der Waals surface area contributed by atoms with E-state index in [1.165, 1.54) is 7.11 Å². The highest BCUT2D eigenvalue weighted by atomic mass is 32.1. The average molecular weight is 522 g/mol. The molecule has 4 aromatic rings. The third-order valence-corrected chi connectivity index (χ3v) is 6.71. The maximum absolute atomic E-state index is 12.6. The maximum atomic E-state index is 12.6. The number of H-pyrrole nitrogens is 1. The van der Waals surface area contributed by atoms with Crippen molar-refractivity contribution in [3.8, 4) is 28.9 Å². The van der Waals surface area contributed by atoms with Crippen molar-refractivity contribution in [2.24, 2.45) is 0 Å². The van der Waals surface area contributed by atoms with E-state index in [9.17, 15) is 14.7 Å². The van der Waals surface area contributed by atoms with Crippen LogP contribution in [0.4, 0.5) is 0 Å². The minimum Gasteiger partial charge on any atom is -0.497 e. The molecule has 1 unspecified atom stereocenters. The van der Waals surface area contributed by atoms with Gasteiger partial charge in [0.2, 0.25) is 5.88 Å². The van der Waals surface area contributed by atoms with Crippen molar-refractivity contribution in [3.05, 3.63) is 98.0 Å². The van der Waals surface area contributed by atoms with Crippen LogP contribution in [0.25, 0.3) is 0 Å². The van der Waals surface area contributed by atoms with Gasteiger partial charge in [0.25, 0.3) is 0 Å². The molecule has 3 aromatic carbocycles. The van der Waals surface area contributed by atoms with E-state index in [-0.39, 0.29) is 16.7 Å². The zero-order chi connectivity index (χ0) is 26.4. The number of nitrogens with one attached hydrogen (secondary N) is 1. The molecule has 2 N–H and O–H groups in total. The fraction of sp³-hybridized carbons (Fsp3) is 0.214. The Kier molecular flexibility index (Phi) is 8.15. The topological polar surface area (TPSA) is 107 Å². The lowest BCUT2D eigenvalue weighted by Gasteiger charge is -2.17. The summed E-state index contributed by atoms with van der Waals surface area (Å²) >= 11 is 0.989. The van der Waals surface area contributed by atoms with Gasteiger partial charge in [-0.1, -0.05) is 35.6 Å². The molecule has 0 saturated heterocycles. The van der Waals surface area contributed by atoms with Crippen molar-refractivity contribution in [3.63, 3.8) is 0 Å². The summed E-state index contributed by atoms with van der Waals surface area (Å²) in [5.41, 5.74) is 2.61. The summed E-state index contributed by atoms with van der Waals surface area (Å²) in [6, 6.07) is 20.2. The van der Waals surface area contributed by atoms with Crippen LogP contribution >= 0.6 is 11.3 Å². The maximum Gasteiger partial charge on any atom is 0.313 e. The van der Waals surface area contributed by atoms with E-state index in [1.807, 2.05) is 48.5 Å². The molecule has 0 amide bonds. The molecule has 1 aromatic heterocycles. The first-order valence-corrected chi connectivity index (χ1v) is 12.3. The SMILES string of the molecule is COC(=O)C(Cc1cc(OC)cc(OC)c1)c1ccc(Oc2ccc(Cc3sc(=O)[nH]c3O)cc2)cc1. The fourth-order valence-electron chi connectivity index (χ4n) is 3.94.